The molecule has 0 aliphatic rings. The molecule has 0 saturated heterocycles. The zero-order chi connectivity index (χ0) is 15.2. The summed E-state index contributed by atoms with van der Waals surface area (Å²) in [6, 6.07) is 6.78. The fraction of sp³-hybridized carbons (Fsp3) is 0.500. The van der Waals surface area contributed by atoms with Crippen LogP contribution < -0.4 is 11.3 Å². The van der Waals surface area contributed by atoms with Gasteiger partial charge in [0.25, 0.3) is 0 Å². The lowest BCUT2D eigenvalue weighted by molar-refractivity contribution is 0.482. The second kappa shape index (κ2) is 7.33. The average Bonchev–Trinajstić information content (AvgIpc) is 2.84. The van der Waals surface area contributed by atoms with Gasteiger partial charge in [-0.15, -0.1) is 0 Å². The number of nitrogens with zero attached hydrogens (tertiary/aromatic N) is 3. The van der Waals surface area contributed by atoms with Crippen LogP contribution in [0.1, 0.15) is 35.9 Å². The number of hydrogen-bond donors (Lipinski definition) is 2. The first-order chi connectivity index (χ1) is 10.1. The molecule has 0 spiro atoms. The lowest BCUT2D eigenvalue weighted by atomic mass is 9.99. The number of hydrogen-bond acceptors (Lipinski definition) is 4. The van der Waals surface area contributed by atoms with Gasteiger partial charge < -0.3 is 0 Å². The molecule has 0 aliphatic carbocycles. The molecule has 1 unspecified atom stereocenters. The van der Waals surface area contributed by atoms with Crippen molar-refractivity contribution in [3.63, 3.8) is 0 Å². The molecule has 0 aliphatic heterocycles. The third kappa shape index (κ3) is 4.37. The van der Waals surface area contributed by atoms with E-state index < -0.39 is 0 Å². The highest BCUT2D eigenvalue weighted by Gasteiger charge is 2.13. The second-order valence-electron chi connectivity index (χ2n) is 5.67. The summed E-state index contributed by atoms with van der Waals surface area (Å²) in [4.78, 5) is 4.36. The zero-order valence-electron chi connectivity index (χ0n) is 13.1. The molecule has 3 N–H and O–H groups in total. The number of aryl methyl sites for hydroxylation is 3. The standard InChI is InChI=1S/C16H25N5/c1-4-5-21-16(18-11-19-21)10-15(20-17)9-14-7-12(2)6-13(3)8-14/h6-8,11,15,20H,4-5,9-10,17H2,1-3H3. The summed E-state index contributed by atoms with van der Waals surface area (Å²) in [5.74, 6) is 6.72. The summed E-state index contributed by atoms with van der Waals surface area (Å²) in [6.07, 6.45) is 4.34. The normalized spacial score (nSPS) is 12.6. The van der Waals surface area contributed by atoms with Crippen molar-refractivity contribution >= 4 is 0 Å². The predicted molar refractivity (Wildman–Crippen MR) is 84.7 cm³/mol. The quantitative estimate of drug-likeness (QED) is 0.603. The van der Waals surface area contributed by atoms with E-state index in [4.69, 9.17) is 5.84 Å². The summed E-state index contributed by atoms with van der Waals surface area (Å²) in [5, 5.41) is 4.27. The molecule has 5 nitrogen and oxygen atoms in total. The van der Waals surface area contributed by atoms with E-state index in [1.165, 1.54) is 16.7 Å². The highest BCUT2D eigenvalue weighted by atomic mass is 15.3. The summed E-state index contributed by atoms with van der Waals surface area (Å²) < 4.78 is 1.96. The molecule has 1 aromatic carbocycles. The topological polar surface area (TPSA) is 68.8 Å². The summed E-state index contributed by atoms with van der Waals surface area (Å²) in [6.45, 7) is 7.29. The van der Waals surface area contributed by atoms with Crippen LogP contribution in [0.3, 0.4) is 0 Å². The lowest BCUT2D eigenvalue weighted by Gasteiger charge is -2.16. The molecule has 2 aromatic rings. The van der Waals surface area contributed by atoms with Crippen LogP contribution in [0.4, 0.5) is 0 Å². The van der Waals surface area contributed by atoms with Crippen LogP contribution >= 0.6 is 0 Å². The van der Waals surface area contributed by atoms with Gasteiger partial charge in [-0.1, -0.05) is 36.2 Å². The van der Waals surface area contributed by atoms with Gasteiger partial charge >= 0.3 is 0 Å². The second-order valence-corrected chi connectivity index (χ2v) is 5.67. The minimum Gasteiger partial charge on any atom is -0.271 e. The van der Waals surface area contributed by atoms with Crippen molar-refractivity contribution in [1.82, 2.24) is 20.2 Å². The van der Waals surface area contributed by atoms with E-state index in [-0.39, 0.29) is 6.04 Å². The predicted octanol–water partition coefficient (Wildman–Crippen LogP) is 1.92. The molecule has 5 heteroatoms. The van der Waals surface area contributed by atoms with E-state index in [1.807, 2.05) is 4.68 Å². The Morgan fingerprint density at radius 3 is 2.52 bits per heavy atom. The van der Waals surface area contributed by atoms with Gasteiger partial charge in [0, 0.05) is 19.0 Å². The number of rotatable bonds is 7. The fourth-order valence-electron chi connectivity index (χ4n) is 2.73. The highest BCUT2D eigenvalue weighted by Crippen LogP contribution is 2.12. The molecule has 0 saturated carbocycles. The Morgan fingerprint density at radius 2 is 1.90 bits per heavy atom. The minimum atomic E-state index is 0.158. The molecule has 2 rings (SSSR count). The molecule has 0 bridgehead atoms. The van der Waals surface area contributed by atoms with E-state index in [9.17, 15) is 0 Å². The van der Waals surface area contributed by atoms with Crippen molar-refractivity contribution in [2.24, 2.45) is 5.84 Å². The lowest BCUT2D eigenvalue weighted by Crippen LogP contribution is -2.39. The van der Waals surface area contributed by atoms with Gasteiger partial charge in [-0.2, -0.15) is 5.10 Å². The van der Waals surface area contributed by atoms with Crippen molar-refractivity contribution < 1.29 is 0 Å². The van der Waals surface area contributed by atoms with Crippen molar-refractivity contribution in [2.45, 2.75) is 52.6 Å². The van der Waals surface area contributed by atoms with Gasteiger partial charge in [0.1, 0.15) is 12.2 Å². The van der Waals surface area contributed by atoms with E-state index in [0.717, 1.165) is 31.6 Å². The molecule has 0 fully saturated rings. The number of aromatic nitrogens is 3. The van der Waals surface area contributed by atoms with Gasteiger partial charge in [-0.05, 0) is 32.3 Å². The molecule has 114 valence electrons. The monoisotopic (exact) mass is 287 g/mol. The van der Waals surface area contributed by atoms with Crippen LogP contribution in [0.15, 0.2) is 24.5 Å². The van der Waals surface area contributed by atoms with Gasteiger partial charge in [-0.25, -0.2) is 4.98 Å². The first-order valence-electron chi connectivity index (χ1n) is 7.52. The third-order valence-electron chi connectivity index (χ3n) is 3.56. The Hall–Kier alpha value is -1.72. The maximum atomic E-state index is 5.73. The van der Waals surface area contributed by atoms with Crippen molar-refractivity contribution in [1.29, 1.82) is 0 Å². The van der Waals surface area contributed by atoms with Crippen molar-refractivity contribution in [2.75, 3.05) is 0 Å². The molecule has 21 heavy (non-hydrogen) atoms. The summed E-state index contributed by atoms with van der Waals surface area (Å²) in [7, 11) is 0. The van der Waals surface area contributed by atoms with E-state index in [1.54, 1.807) is 6.33 Å². The molecular weight excluding hydrogens is 262 g/mol. The van der Waals surface area contributed by atoms with Crippen LogP contribution in [0.2, 0.25) is 0 Å². The molecule has 1 aromatic heterocycles. The van der Waals surface area contributed by atoms with Crippen molar-refractivity contribution in [3.05, 3.63) is 47.0 Å². The minimum absolute atomic E-state index is 0.158. The van der Waals surface area contributed by atoms with Crippen LogP contribution in [0.25, 0.3) is 0 Å². The largest absolute Gasteiger partial charge is 0.271 e. The Balaban J connectivity index is 2.07. The smallest absolute Gasteiger partial charge is 0.138 e. The number of hydrazine groups is 1. The van der Waals surface area contributed by atoms with Crippen molar-refractivity contribution in [3.8, 4) is 0 Å². The van der Waals surface area contributed by atoms with Gasteiger partial charge in [-0.3, -0.25) is 16.0 Å². The van der Waals surface area contributed by atoms with Crippen LogP contribution in [0, 0.1) is 13.8 Å². The number of benzene rings is 1. The van der Waals surface area contributed by atoms with Crippen LogP contribution in [-0.4, -0.2) is 20.8 Å². The molecule has 1 atom stereocenters. The Kier molecular flexibility index (Phi) is 5.47. The van der Waals surface area contributed by atoms with Gasteiger partial charge in [0.2, 0.25) is 0 Å². The van der Waals surface area contributed by atoms with Gasteiger partial charge in [0.15, 0.2) is 0 Å². The molecular formula is C16H25N5. The van der Waals surface area contributed by atoms with E-state index in [2.05, 4.69) is 54.5 Å². The highest BCUT2D eigenvalue weighted by molar-refractivity contribution is 5.29. The molecule has 1 heterocycles. The first kappa shape index (κ1) is 15.7. The Labute approximate surface area is 126 Å². The number of nitrogens with one attached hydrogen (secondary N) is 1. The molecule has 0 amide bonds. The van der Waals surface area contributed by atoms with Crippen LogP contribution in [-0.2, 0) is 19.4 Å². The number of nitrogens with two attached hydrogens (primary N) is 1. The maximum absolute atomic E-state index is 5.73. The summed E-state index contributed by atoms with van der Waals surface area (Å²) >= 11 is 0. The summed E-state index contributed by atoms with van der Waals surface area (Å²) in [5.41, 5.74) is 6.79. The Morgan fingerprint density at radius 1 is 1.19 bits per heavy atom. The molecule has 0 radical (unpaired) electrons. The van der Waals surface area contributed by atoms with Crippen LogP contribution in [0.5, 0.6) is 0 Å². The van der Waals surface area contributed by atoms with E-state index >= 15 is 0 Å². The maximum Gasteiger partial charge on any atom is 0.138 e. The fourth-order valence-corrected chi connectivity index (χ4v) is 2.73. The first-order valence-corrected chi connectivity index (χ1v) is 7.52. The van der Waals surface area contributed by atoms with Gasteiger partial charge in [0.05, 0.1) is 0 Å². The zero-order valence-corrected chi connectivity index (χ0v) is 13.1. The third-order valence-corrected chi connectivity index (χ3v) is 3.56. The SMILES string of the molecule is CCCn1ncnc1CC(Cc1cc(C)cc(C)c1)NN. The van der Waals surface area contributed by atoms with E-state index in [0.29, 0.717) is 0 Å². The average molecular weight is 287 g/mol. The Bertz CT molecular complexity index is 556.